The lowest BCUT2D eigenvalue weighted by molar-refractivity contribution is -0.118. The van der Waals surface area contributed by atoms with E-state index in [1.165, 1.54) is 0 Å². The number of anilines is 1. The van der Waals surface area contributed by atoms with Crippen LogP contribution in [0.4, 0.5) is 5.69 Å². The molecule has 0 aliphatic carbocycles. The van der Waals surface area contributed by atoms with Crippen LogP contribution in [-0.2, 0) is 9.53 Å². The maximum Gasteiger partial charge on any atom is 0.238 e. The van der Waals surface area contributed by atoms with Crippen molar-refractivity contribution in [3.05, 3.63) is 11.4 Å². The monoisotopic (exact) mass is 296 g/mol. The summed E-state index contributed by atoms with van der Waals surface area (Å²) in [6.45, 7) is 5.55. The molecule has 0 bridgehead atoms. The number of carbonyl (C=O) groups excluding carboxylic acids is 1. The summed E-state index contributed by atoms with van der Waals surface area (Å²) in [4.78, 5) is 13.9. The molecule has 1 aromatic rings. The van der Waals surface area contributed by atoms with Gasteiger partial charge in [0.2, 0.25) is 5.91 Å². The smallest absolute Gasteiger partial charge is 0.238 e. The van der Waals surface area contributed by atoms with E-state index >= 15 is 0 Å². The number of nitrogens with one attached hydrogen (secondary N) is 2. The Hall–Kier alpha value is -1.44. The van der Waals surface area contributed by atoms with Crippen LogP contribution in [0.1, 0.15) is 24.2 Å². The fourth-order valence-corrected chi connectivity index (χ4v) is 2.63. The van der Waals surface area contributed by atoms with Gasteiger partial charge in [0.1, 0.15) is 0 Å². The predicted molar refractivity (Wildman–Crippen MR) is 79.2 cm³/mol. The van der Waals surface area contributed by atoms with Crippen molar-refractivity contribution in [2.45, 2.75) is 32.3 Å². The zero-order chi connectivity index (χ0) is 15.5. The molecule has 2 rings (SSSR count). The maximum absolute atomic E-state index is 12.1. The molecule has 1 amide bonds. The Morgan fingerprint density at radius 3 is 2.71 bits per heavy atom. The van der Waals surface area contributed by atoms with Gasteiger partial charge in [-0.05, 0) is 20.9 Å². The third-order valence-corrected chi connectivity index (χ3v) is 3.79. The molecule has 0 unspecified atom stereocenters. The molecule has 0 atom stereocenters. The summed E-state index contributed by atoms with van der Waals surface area (Å²) in [5.74, 6) is -0.110. The fraction of sp³-hybridized carbons (Fsp3) is 0.714. The lowest BCUT2D eigenvalue weighted by Gasteiger charge is -2.35. The van der Waals surface area contributed by atoms with Gasteiger partial charge < -0.3 is 15.2 Å². The van der Waals surface area contributed by atoms with Crippen molar-refractivity contribution in [3.63, 3.8) is 0 Å². The largest absolute Gasteiger partial charge is 0.388 e. The van der Waals surface area contributed by atoms with Crippen LogP contribution in [0.15, 0.2) is 0 Å². The number of carbonyl (C=O) groups is 1. The number of nitrogens with zero attached hydrogens (tertiary/aromatic N) is 2. The van der Waals surface area contributed by atoms with E-state index in [2.05, 4.69) is 15.5 Å². The number of hydrogen-bond donors (Lipinski definition) is 3. The molecule has 21 heavy (non-hydrogen) atoms. The molecule has 0 spiro atoms. The van der Waals surface area contributed by atoms with E-state index in [1.807, 2.05) is 25.8 Å². The highest BCUT2D eigenvalue weighted by molar-refractivity contribution is 5.93. The molecule has 1 saturated heterocycles. The Kier molecular flexibility index (Phi) is 4.97. The van der Waals surface area contributed by atoms with Crippen LogP contribution in [0.5, 0.6) is 0 Å². The van der Waals surface area contributed by atoms with E-state index in [-0.39, 0.29) is 12.5 Å². The SMILES string of the molecule is Cc1n[nH]c(C)c1NC(=O)CN(C)CC1(O)CCOCC1. The molecule has 1 aliphatic rings. The summed E-state index contributed by atoms with van der Waals surface area (Å²) in [7, 11) is 1.84. The average Bonchev–Trinajstić information content (AvgIpc) is 2.70. The number of aromatic nitrogens is 2. The van der Waals surface area contributed by atoms with Crippen LogP contribution in [0.2, 0.25) is 0 Å². The third kappa shape index (κ3) is 4.26. The number of aryl methyl sites for hydroxylation is 2. The van der Waals surface area contributed by atoms with E-state index in [0.29, 0.717) is 32.6 Å². The molecule has 0 radical (unpaired) electrons. The lowest BCUT2D eigenvalue weighted by atomic mass is 9.94. The number of aliphatic hydroxyl groups is 1. The average molecular weight is 296 g/mol. The summed E-state index contributed by atoms with van der Waals surface area (Å²) >= 11 is 0. The molecule has 3 N–H and O–H groups in total. The Balaban J connectivity index is 1.84. The second-order valence-electron chi connectivity index (χ2n) is 5.87. The third-order valence-electron chi connectivity index (χ3n) is 3.79. The van der Waals surface area contributed by atoms with Gasteiger partial charge in [-0.1, -0.05) is 0 Å². The zero-order valence-electron chi connectivity index (χ0n) is 12.9. The first-order valence-electron chi connectivity index (χ1n) is 7.20. The molecule has 1 aromatic heterocycles. The number of amides is 1. The quantitative estimate of drug-likeness (QED) is 0.733. The molecule has 7 nitrogen and oxygen atoms in total. The minimum absolute atomic E-state index is 0.110. The molecule has 118 valence electrons. The van der Waals surface area contributed by atoms with Crippen LogP contribution in [0.25, 0.3) is 0 Å². The van der Waals surface area contributed by atoms with Gasteiger partial charge in [0.25, 0.3) is 0 Å². The lowest BCUT2D eigenvalue weighted by Crippen LogP contribution is -2.47. The number of hydrogen-bond acceptors (Lipinski definition) is 5. The van der Waals surface area contributed by atoms with Crippen LogP contribution >= 0.6 is 0 Å². The van der Waals surface area contributed by atoms with Gasteiger partial charge in [-0.3, -0.25) is 14.8 Å². The standard InChI is InChI=1S/C14H24N4O3/c1-10-13(11(2)17-16-10)15-12(19)8-18(3)9-14(20)4-6-21-7-5-14/h20H,4-9H2,1-3H3,(H,15,19)(H,16,17). The second-order valence-corrected chi connectivity index (χ2v) is 5.87. The molecule has 0 aromatic carbocycles. The first-order valence-corrected chi connectivity index (χ1v) is 7.20. The molecular weight excluding hydrogens is 272 g/mol. The van der Waals surface area contributed by atoms with Gasteiger partial charge in [0.05, 0.1) is 29.2 Å². The minimum atomic E-state index is -0.755. The van der Waals surface area contributed by atoms with Gasteiger partial charge in [-0.15, -0.1) is 0 Å². The second kappa shape index (κ2) is 6.55. The molecule has 1 aliphatic heterocycles. The summed E-state index contributed by atoms with van der Waals surface area (Å²) in [6.07, 6.45) is 1.22. The Labute approximate surface area is 124 Å². The summed E-state index contributed by atoms with van der Waals surface area (Å²) in [5.41, 5.74) is 1.59. The summed E-state index contributed by atoms with van der Waals surface area (Å²) in [6, 6.07) is 0. The van der Waals surface area contributed by atoms with Gasteiger partial charge in [0.15, 0.2) is 0 Å². The topological polar surface area (TPSA) is 90.5 Å². The number of aromatic amines is 1. The van der Waals surface area contributed by atoms with Crippen molar-refractivity contribution < 1.29 is 14.6 Å². The highest BCUT2D eigenvalue weighted by Gasteiger charge is 2.31. The van der Waals surface area contributed by atoms with Crippen molar-refractivity contribution in [3.8, 4) is 0 Å². The molecule has 7 heteroatoms. The molecular formula is C14H24N4O3. The number of rotatable bonds is 5. The van der Waals surface area contributed by atoms with Gasteiger partial charge in [-0.25, -0.2) is 0 Å². The molecule has 0 saturated carbocycles. The van der Waals surface area contributed by atoms with Gasteiger partial charge in [0, 0.05) is 32.6 Å². The van der Waals surface area contributed by atoms with E-state index in [9.17, 15) is 9.90 Å². The number of ether oxygens (including phenoxy) is 1. The Morgan fingerprint density at radius 1 is 1.48 bits per heavy atom. The zero-order valence-corrected chi connectivity index (χ0v) is 12.9. The van der Waals surface area contributed by atoms with Crippen molar-refractivity contribution in [2.75, 3.05) is 38.7 Å². The van der Waals surface area contributed by atoms with Gasteiger partial charge >= 0.3 is 0 Å². The minimum Gasteiger partial charge on any atom is -0.388 e. The highest BCUT2D eigenvalue weighted by Crippen LogP contribution is 2.21. The molecule has 2 heterocycles. The van der Waals surface area contributed by atoms with E-state index in [1.54, 1.807) is 0 Å². The fourth-order valence-electron chi connectivity index (χ4n) is 2.63. The maximum atomic E-state index is 12.1. The van der Waals surface area contributed by atoms with Crippen molar-refractivity contribution in [1.29, 1.82) is 0 Å². The normalized spacial score (nSPS) is 18.0. The molecule has 1 fully saturated rings. The van der Waals surface area contributed by atoms with E-state index in [4.69, 9.17) is 4.74 Å². The van der Waals surface area contributed by atoms with Gasteiger partial charge in [-0.2, -0.15) is 5.10 Å². The van der Waals surface area contributed by atoms with Crippen LogP contribution in [0.3, 0.4) is 0 Å². The van der Waals surface area contributed by atoms with Crippen LogP contribution < -0.4 is 5.32 Å². The van der Waals surface area contributed by atoms with E-state index in [0.717, 1.165) is 17.1 Å². The van der Waals surface area contributed by atoms with Crippen LogP contribution in [-0.4, -0.2) is 65.1 Å². The van der Waals surface area contributed by atoms with E-state index < -0.39 is 5.60 Å². The Bertz CT molecular complexity index is 475. The number of H-pyrrole nitrogens is 1. The number of likely N-dealkylation sites (N-methyl/N-ethyl adjacent to an activating group) is 1. The first kappa shape index (κ1) is 15.9. The first-order chi connectivity index (χ1) is 9.89. The van der Waals surface area contributed by atoms with Crippen molar-refractivity contribution in [1.82, 2.24) is 15.1 Å². The van der Waals surface area contributed by atoms with Crippen molar-refractivity contribution in [2.24, 2.45) is 0 Å². The predicted octanol–water partition coefficient (Wildman–Crippen LogP) is 0.438. The summed E-state index contributed by atoms with van der Waals surface area (Å²) < 4.78 is 5.26. The van der Waals surface area contributed by atoms with Crippen LogP contribution in [0, 0.1) is 13.8 Å². The highest BCUT2D eigenvalue weighted by atomic mass is 16.5. The Morgan fingerprint density at radius 2 is 2.14 bits per heavy atom. The van der Waals surface area contributed by atoms with Crippen molar-refractivity contribution >= 4 is 11.6 Å². The summed E-state index contributed by atoms with van der Waals surface area (Å²) in [5, 5.41) is 20.2.